The fraction of sp³-hybridized carbons (Fsp3) is 0.286. The molecule has 3 rings (SSSR count). The molecule has 92 valence electrons. The fourth-order valence-corrected chi connectivity index (χ4v) is 2.26. The molecule has 4 heteroatoms. The minimum Gasteiger partial charge on any atom is -0.361 e. The zero-order chi connectivity index (χ0) is 12.4. The van der Waals surface area contributed by atoms with E-state index < -0.39 is 0 Å². The van der Waals surface area contributed by atoms with Gasteiger partial charge in [-0.1, -0.05) is 0 Å². The van der Waals surface area contributed by atoms with Gasteiger partial charge >= 0.3 is 0 Å². The Hall–Kier alpha value is -2.10. The average Bonchev–Trinajstić information content (AvgIpc) is 2.85. The monoisotopic (exact) mass is 241 g/mol. The van der Waals surface area contributed by atoms with E-state index in [9.17, 15) is 4.79 Å². The molecule has 0 bridgehead atoms. The zero-order valence-electron chi connectivity index (χ0n) is 10.1. The molecular formula is C14H15N3O. The van der Waals surface area contributed by atoms with Crippen LogP contribution in [0.1, 0.15) is 25.7 Å². The van der Waals surface area contributed by atoms with Crippen molar-refractivity contribution in [3.05, 3.63) is 36.2 Å². The summed E-state index contributed by atoms with van der Waals surface area (Å²) in [6.07, 6.45) is 7.35. The van der Waals surface area contributed by atoms with Crippen LogP contribution in [0.3, 0.4) is 0 Å². The lowest BCUT2D eigenvalue weighted by atomic mass is 9.94. The van der Waals surface area contributed by atoms with Crippen molar-refractivity contribution >= 4 is 22.4 Å². The smallest absolute Gasteiger partial charge is 0.160 e. The van der Waals surface area contributed by atoms with Crippen LogP contribution < -0.4 is 5.32 Å². The van der Waals surface area contributed by atoms with Crippen LogP contribution in [0.4, 0.5) is 5.69 Å². The van der Waals surface area contributed by atoms with Gasteiger partial charge in [0.1, 0.15) is 0 Å². The molecule has 0 aliphatic heterocycles. The highest BCUT2D eigenvalue weighted by Crippen LogP contribution is 2.21. The number of aromatic amines is 1. The van der Waals surface area contributed by atoms with Crippen LogP contribution in [-0.2, 0) is 4.79 Å². The van der Waals surface area contributed by atoms with Gasteiger partial charge in [0.15, 0.2) is 5.78 Å². The SMILES string of the molecule is O=C1CCCCC1=CNc1ccc2[nH]ncc2c1. The molecule has 1 aliphatic carbocycles. The van der Waals surface area contributed by atoms with Crippen LogP contribution in [0, 0.1) is 0 Å². The van der Waals surface area contributed by atoms with Crippen LogP contribution in [0.15, 0.2) is 36.2 Å². The second-order valence-electron chi connectivity index (χ2n) is 4.62. The number of hydrogen-bond acceptors (Lipinski definition) is 3. The van der Waals surface area contributed by atoms with Crippen LogP contribution in [0.2, 0.25) is 0 Å². The largest absolute Gasteiger partial charge is 0.361 e. The van der Waals surface area contributed by atoms with Crippen molar-refractivity contribution in [3.63, 3.8) is 0 Å². The number of allylic oxidation sites excluding steroid dienone is 1. The number of Topliss-reactive ketones (excluding diaryl/α,β-unsaturated/α-hetero) is 1. The molecule has 2 aromatic rings. The summed E-state index contributed by atoms with van der Waals surface area (Å²) in [7, 11) is 0. The number of nitrogens with zero attached hydrogens (tertiary/aromatic N) is 1. The summed E-state index contributed by atoms with van der Waals surface area (Å²) in [5.74, 6) is 0.276. The number of nitrogens with one attached hydrogen (secondary N) is 2. The number of anilines is 1. The second-order valence-corrected chi connectivity index (χ2v) is 4.62. The predicted octanol–water partition coefficient (Wildman–Crippen LogP) is 3.00. The second kappa shape index (κ2) is 4.64. The van der Waals surface area contributed by atoms with Gasteiger partial charge in [0.25, 0.3) is 0 Å². The molecule has 1 aliphatic rings. The molecule has 1 aromatic carbocycles. The van der Waals surface area contributed by atoms with Gasteiger partial charge < -0.3 is 5.32 Å². The third-order valence-corrected chi connectivity index (χ3v) is 3.31. The summed E-state index contributed by atoms with van der Waals surface area (Å²) in [5.41, 5.74) is 2.91. The molecule has 4 nitrogen and oxygen atoms in total. The maximum atomic E-state index is 11.7. The van der Waals surface area contributed by atoms with Gasteiger partial charge in [-0.3, -0.25) is 9.89 Å². The van der Waals surface area contributed by atoms with E-state index in [1.54, 1.807) is 6.20 Å². The Kier molecular flexibility index (Phi) is 2.84. The summed E-state index contributed by atoms with van der Waals surface area (Å²) >= 11 is 0. The van der Waals surface area contributed by atoms with E-state index in [-0.39, 0.29) is 5.78 Å². The van der Waals surface area contributed by atoms with Crippen LogP contribution in [0.5, 0.6) is 0 Å². The number of carbonyl (C=O) groups excluding carboxylic acids is 1. The molecule has 0 amide bonds. The van der Waals surface area contributed by atoms with Crippen molar-refractivity contribution in [2.75, 3.05) is 5.32 Å². The maximum absolute atomic E-state index is 11.7. The lowest BCUT2D eigenvalue weighted by Gasteiger charge is -2.12. The van der Waals surface area contributed by atoms with Gasteiger partial charge in [-0.25, -0.2) is 0 Å². The molecule has 1 fully saturated rings. The summed E-state index contributed by atoms with van der Waals surface area (Å²) in [5, 5.41) is 11.2. The third-order valence-electron chi connectivity index (χ3n) is 3.31. The van der Waals surface area contributed by atoms with E-state index in [4.69, 9.17) is 0 Å². The van der Waals surface area contributed by atoms with E-state index in [1.807, 2.05) is 24.4 Å². The highest BCUT2D eigenvalue weighted by molar-refractivity contribution is 5.96. The van der Waals surface area contributed by atoms with Crippen molar-refractivity contribution in [2.45, 2.75) is 25.7 Å². The van der Waals surface area contributed by atoms with Crippen molar-refractivity contribution in [2.24, 2.45) is 0 Å². The molecule has 0 unspecified atom stereocenters. The van der Waals surface area contributed by atoms with Gasteiger partial charge in [-0.2, -0.15) is 5.10 Å². The van der Waals surface area contributed by atoms with Crippen molar-refractivity contribution in [1.82, 2.24) is 10.2 Å². The van der Waals surface area contributed by atoms with Crippen LogP contribution in [-0.4, -0.2) is 16.0 Å². The van der Waals surface area contributed by atoms with Gasteiger partial charge in [-0.05, 0) is 37.5 Å². The highest BCUT2D eigenvalue weighted by Gasteiger charge is 2.14. The third kappa shape index (κ3) is 2.14. The lowest BCUT2D eigenvalue weighted by Crippen LogP contribution is -2.09. The molecular weight excluding hydrogens is 226 g/mol. The van der Waals surface area contributed by atoms with Gasteiger partial charge in [-0.15, -0.1) is 0 Å². The van der Waals surface area contributed by atoms with Gasteiger partial charge in [0.05, 0.1) is 11.7 Å². The number of fused-ring (bicyclic) bond motifs is 1. The molecule has 18 heavy (non-hydrogen) atoms. The summed E-state index contributed by atoms with van der Waals surface area (Å²) in [6.45, 7) is 0. The summed E-state index contributed by atoms with van der Waals surface area (Å²) < 4.78 is 0. The zero-order valence-corrected chi connectivity index (χ0v) is 10.1. The minimum absolute atomic E-state index is 0.276. The van der Waals surface area contributed by atoms with E-state index >= 15 is 0 Å². The topological polar surface area (TPSA) is 57.8 Å². The van der Waals surface area contributed by atoms with E-state index in [0.29, 0.717) is 6.42 Å². The van der Waals surface area contributed by atoms with Crippen molar-refractivity contribution in [1.29, 1.82) is 0 Å². The summed E-state index contributed by atoms with van der Waals surface area (Å²) in [4.78, 5) is 11.7. The molecule has 0 atom stereocenters. The molecule has 0 saturated heterocycles. The molecule has 1 heterocycles. The Labute approximate surface area is 105 Å². The number of hydrogen-bond donors (Lipinski definition) is 2. The first kappa shape index (κ1) is 11.0. The van der Waals surface area contributed by atoms with E-state index in [2.05, 4.69) is 15.5 Å². The number of carbonyl (C=O) groups is 1. The Morgan fingerprint density at radius 3 is 3.06 bits per heavy atom. The fourth-order valence-electron chi connectivity index (χ4n) is 2.26. The minimum atomic E-state index is 0.276. The predicted molar refractivity (Wildman–Crippen MR) is 71.3 cm³/mol. The quantitative estimate of drug-likeness (QED) is 0.795. The molecule has 1 aromatic heterocycles. The Balaban J connectivity index is 1.79. The number of aromatic nitrogens is 2. The number of H-pyrrole nitrogens is 1. The Morgan fingerprint density at radius 1 is 1.28 bits per heavy atom. The van der Waals surface area contributed by atoms with Crippen molar-refractivity contribution < 1.29 is 4.79 Å². The van der Waals surface area contributed by atoms with Gasteiger partial charge in [0.2, 0.25) is 0 Å². The first-order chi connectivity index (χ1) is 8.83. The van der Waals surface area contributed by atoms with Crippen LogP contribution in [0.25, 0.3) is 10.9 Å². The number of benzene rings is 1. The first-order valence-electron chi connectivity index (χ1n) is 6.25. The molecule has 2 N–H and O–H groups in total. The number of ketones is 1. The maximum Gasteiger partial charge on any atom is 0.160 e. The normalized spacial score (nSPS) is 18.4. The number of rotatable bonds is 2. The Morgan fingerprint density at radius 2 is 2.17 bits per heavy atom. The summed E-state index contributed by atoms with van der Waals surface area (Å²) in [6, 6.07) is 5.97. The molecule has 0 spiro atoms. The highest BCUT2D eigenvalue weighted by atomic mass is 16.1. The Bertz CT molecular complexity index is 612. The molecule has 1 saturated carbocycles. The van der Waals surface area contributed by atoms with Gasteiger partial charge in [0, 0.05) is 29.3 Å². The average molecular weight is 241 g/mol. The van der Waals surface area contributed by atoms with Crippen molar-refractivity contribution in [3.8, 4) is 0 Å². The standard InChI is InChI=1S/C14H15N3O/c18-14-4-2-1-3-10(14)8-15-12-5-6-13-11(7-12)9-16-17-13/h5-9,15H,1-4H2,(H,16,17). The molecule has 0 radical (unpaired) electrons. The lowest BCUT2D eigenvalue weighted by molar-refractivity contribution is -0.116. The first-order valence-corrected chi connectivity index (χ1v) is 6.25. The van der Waals surface area contributed by atoms with Crippen LogP contribution >= 0.6 is 0 Å². The van der Waals surface area contributed by atoms with E-state index in [0.717, 1.165) is 41.4 Å². The van der Waals surface area contributed by atoms with E-state index in [1.165, 1.54) is 0 Å².